The van der Waals surface area contributed by atoms with E-state index in [1.165, 1.54) is 5.56 Å². The fourth-order valence-electron chi connectivity index (χ4n) is 4.24. The van der Waals surface area contributed by atoms with E-state index in [9.17, 15) is 9.59 Å². The minimum atomic E-state index is -0.0952. The second-order valence-electron chi connectivity index (χ2n) is 8.29. The van der Waals surface area contributed by atoms with Crippen molar-refractivity contribution < 1.29 is 14.3 Å². The number of morpholine rings is 1. The molecule has 1 aromatic rings. The Balaban J connectivity index is 1.46. The van der Waals surface area contributed by atoms with E-state index in [4.69, 9.17) is 4.74 Å². The Labute approximate surface area is 168 Å². The van der Waals surface area contributed by atoms with Gasteiger partial charge >= 0.3 is 0 Å². The third kappa shape index (κ3) is 5.79. The lowest BCUT2D eigenvalue weighted by Gasteiger charge is -2.35. The summed E-state index contributed by atoms with van der Waals surface area (Å²) in [6, 6.07) is 8.46. The molecule has 0 spiro atoms. The van der Waals surface area contributed by atoms with E-state index >= 15 is 0 Å². The molecule has 1 N–H and O–H groups in total. The summed E-state index contributed by atoms with van der Waals surface area (Å²) in [5.74, 6) is 0.00526. The molecule has 0 bridgehead atoms. The maximum absolute atomic E-state index is 12.5. The SMILES string of the molecule is CC(=O)N1CCCC(C(=O)NCc2ccc(CN3CC(C)OC(C)C3)cc2)C1. The third-order valence-electron chi connectivity index (χ3n) is 5.63. The Morgan fingerprint density at radius 2 is 1.71 bits per heavy atom. The fourth-order valence-corrected chi connectivity index (χ4v) is 4.24. The van der Waals surface area contributed by atoms with Crippen LogP contribution in [0, 0.1) is 5.92 Å². The molecule has 2 saturated heterocycles. The van der Waals surface area contributed by atoms with Crippen molar-refractivity contribution in [1.82, 2.24) is 15.1 Å². The highest BCUT2D eigenvalue weighted by Crippen LogP contribution is 2.17. The summed E-state index contributed by atoms with van der Waals surface area (Å²) >= 11 is 0. The van der Waals surface area contributed by atoms with E-state index in [0.717, 1.165) is 44.6 Å². The minimum Gasteiger partial charge on any atom is -0.373 e. The first-order valence-electron chi connectivity index (χ1n) is 10.4. The predicted molar refractivity (Wildman–Crippen MR) is 109 cm³/mol. The standard InChI is InChI=1S/C22H33N3O3/c1-16-12-24(13-17(2)28-16)14-20-8-6-19(7-9-20)11-23-22(27)21-5-4-10-25(15-21)18(3)26/h6-9,16-17,21H,4-5,10-15H2,1-3H3,(H,23,27). The van der Waals surface area contributed by atoms with Crippen molar-refractivity contribution in [3.8, 4) is 0 Å². The Morgan fingerprint density at radius 1 is 1.07 bits per heavy atom. The van der Waals surface area contributed by atoms with E-state index < -0.39 is 0 Å². The summed E-state index contributed by atoms with van der Waals surface area (Å²) in [4.78, 5) is 28.2. The van der Waals surface area contributed by atoms with Gasteiger partial charge in [-0.05, 0) is 37.8 Å². The topological polar surface area (TPSA) is 61.9 Å². The van der Waals surface area contributed by atoms with E-state index in [0.29, 0.717) is 13.1 Å². The molecular formula is C22H33N3O3. The van der Waals surface area contributed by atoms with E-state index in [-0.39, 0.29) is 29.9 Å². The number of ether oxygens (including phenoxy) is 1. The zero-order valence-electron chi connectivity index (χ0n) is 17.3. The number of benzene rings is 1. The summed E-state index contributed by atoms with van der Waals surface area (Å²) < 4.78 is 5.79. The molecule has 2 aliphatic heterocycles. The molecule has 0 aromatic heterocycles. The van der Waals surface area contributed by atoms with Gasteiger partial charge in [0.05, 0.1) is 18.1 Å². The summed E-state index contributed by atoms with van der Waals surface area (Å²) in [5, 5.41) is 3.04. The molecule has 2 heterocycles. The van der Waals surface area contributed by atoms with E-state index in [2.05, 4.69) is 48.3 Å². The van der Waals surface area contributed by atoms with Crippen molar-refractivity contribution in [2.45, 2.75) is 58.9 Å². The lowest BCUT2D eigenvalue weighted by Crippen LogP contribution is -2.44. The van der Waals surface area contributed by atoms with Crippen LogP contribution in [-0.4, -0.2) is 60.0 Å². The lowest BCUT2D eigenvalue weighted by molar-refractivity contribution is -0.134. The number of hydrogen-bond donors (Lipinski definition) is 1. The number of likely N-dealkylation sites (tertiary alicyclic amines) is 1. The van der Waals surface area contributed by atoms with Crippen molar-refractivity contribution >= 4 is 11.8 Å². The minimum absolute atomic E-state index is 0.0475. The molecule has 2 aliphatic rings. The van der Waals surface area contributed by atoms with Gasteiger partial charge in [0.1, 0.15) is 0 Å². The number of hydrogen-bond acceptors (Lipinski definition) is 4. The van der Waals surface area contributed by atoms with Gasteiger partial charge < -0.3 is 15.0 Å². The number of carbonyl (C=O) groups is 2. The highest BCUT2D eigenvalue weighted by Gasteiger charge is 2.26. The van der Waals surface area contributed by atoms with Crippen LogP contribution in [0.2, 0.25) is 0 Å². The van der Waals surface area contributed by atoms with Gasteiger partial charge in [0.25, 0.3) is 0 Å². The lowest BCUT2D eigenvalue weighted by atomic mass is 9.97. The van der Waals surface area contributed by atoms with Crippen molar-refractivity contribution in [3.63, 3.8) is 0 Å². The Kier molecular flexibility index (Phi) is 7.08. The van der Waals surface area contributed by atoms with Gasteiger partial charge in [-0.3, -0.25) is 14.5 Å². The first kappa shape index (κ1) is 20.8. The quantitative estimate of drug-likeness (QED) is 0.841. The number of carbonyl (C=O) groups excluding carboxylic acids is 2. The third-order valence-corrected chi connectivity index (χ3v) is 5.63. The van der Waals surface area contributed by atoms with E-state index in [1.807, 2.05) is 0 Å². The van der Waals surface area contributed by atoms with Crippen molar-refractivity contribution in [1.29, 1.82) is 0 Å². The highest BCUT2D eigenvalue weighted by atomic mass is 16.5. The zero-order valence-corrected chi connectivity index (χ0v) is 17.3. The number of nitrogens with one attached hydrogen (secondary N) is 1. The summed E-state index contributed by atoms with van der Waals surface area (Å²) in [5.41, 5.74) is 2.38. The normalized spacial score (nSPS) is 26.1. The number of nitrogens with zero attached hydrogens (tertiary/aromatic N) is 2. The van der Waals surface area contributed by atoms with E-state index in [1.54, 1.807) is 11.8 Å². The summed E-state index contributed by atoms with van der Waals surface area (Å²) in [6.07, 6.45) is 2.30. The molecule has 0 saturated carbocycles. The second kappa shape index (κ2) is 9.52. The summed E-state index contributed by atoms with van der Waals surface area (Å²) in [7, 11) is 0. The first-order valence-corrected chi connectivity index (χ1v) is 10.4. The molecule has 3 unspecified atom stereocenters. The maximum Gasteiger partial charge on any atom is 0.225 e. The van der Waals surface area contributed by atoms with Gasteiger partial charge in [0.15, 0.2) is 0 Å². The van der Waals surface area contributed by atoms with Gasteiger partial charge in [-0.2, -0.15) is 0 Å². The number of rotatable bonds is 5. The highest BCUT2D eigenvalue weighted by molar-refractivity contribution is 5.80. The average Bonchev–Trinajstić information content (AvgIpc) is 2.66. The first-order chi connectivity index (χ1) is 13.4. The largest absolute Gasteiger partial charge is 0.373 e. The molecule has 0 aliphatic carbocycles. The van der Waals surface area contributed by atoms with Crippen molar-refractivity contribution in [2.24, 2.45) is 5.92 Å². The van der Waals surface area contributed by atoms with Crippen LogP contribution in [0.3, 0.4) is 0 Å². The van der Waals surface area contributed by atoms with Gasteiger partial charge in [0.2, 0.25) is 11.8 Å². The molecule has 1 aromatic carbocycles. The van der Waals surface area contributed by atoms with Crippen LogP contribution in [0.1, 0.15) is 44.7 Å². The van der Waals surface area contributed by atoms with Crippen LogP contribution in [0.25, 0.3) is 0 Å². The Hall–Kier alpha value is -1.92. The molecular weight excluding hydrogens is 354 g/mol. The average molecular weight is 388 g/mol. The van der Waals surface area contributed by atoms with Crippen LogP contribution in [-0.2, 0) is 27.4 Å². The molecule has 2 amide bonds. The van der Waals surface area contributed by atoms with Gasteiger partial charge in [-0.1, -0.05) is 24.3 Å². The van der Waals surface area contributed by atoms with Gasteiger partial charge in [-0.15, -0.1) is 0 Å². The molecule has 6 heteroatoms. The van der Waals surface area contributed by atoms with Crippen LogP contribution >= 0.6 is 0 Å². The Morgan fingerprint density at radius 3 is 2.36 bits per heavy atom. The fraction of sp³-hybridized carbons (Fsp3) is 0.636. The molecule has 3 atom stereocenters. The Bertz CT molecular complexity index is 666. The smallest absolute Gasteiger partial charge is 0.225 e. The zero-order chi connectivity index (χ0) is 20.1. The summed E-state index contributed by atoms with van der Waals surface area (Å²) in [6.45, 7) is 10.5. The maximum atomic E-state index is 12.5. The van der Waals surface area contributed by atoms with Crippen LogP contribution in [0.4, 0.5) is 0 Å². The monoisotopic (exact) mass is 387 g/mol. The van der Waals surface area contributed by atoms with Crippen molar-refractivity contribution in [2.75, 3.05) is 26.2 Å². The number of piperidine rings is 1. The molecule has 2 fully saturated rings. The molecule has 0 radical (unpaired) electrons. The van der Waals surface area contributed by atoms with Crippen LogP contribution < -0.4 is 5.32 Å². The van der Waals surface area contributed by atoms with Crippen molar-refractivity contribution in [3.05, 3.63) is 35.4 Å². The molecule has 28 heavy (non-hydrogen) atoms. The number of amides is 2. The molecule has 6 nitrogen and oxygen atoms in total. The van der Waals surface area contributed by atoms with Crippen LogP contribution in [0.15, 0.2) is 24.3 Å². The van der Waals surface area contributed by atoms with Gasteiger partial charge in [-0.25, -0.2) is 0 Å². The second-order valence-corrected chi connectivity index (χ2v) is 8.29. The van der Waals surface area contributed by atoms with Crippen LogP contribution in [0.5, 0.6) is 0 Å². The molecule has 3 rings (SSSR count). The van der Waals surface area contributed by atoms with Gasteiger partial charge in [0, 0.05) is 46.2 Å². The predicted octanol–water partition coefficient (Wildman–Crippen LogP) is 2.17. The molecule has 154 valence electrons.